The van der Waals surface area contributed by atoms with Crippen LogP contribution in [0.1, 0.15) is 10.4 Å². The molecule has 5 N–H and O–H groups in total. The van der Waals surface area contributed by atoms with Crippen LogP contribution in [-0.2, 0) is 0 Å². The number of anilines is 3. The van der Waals surface area contributed by atoms with Gasteiger partial charge in [-0.05, 0) is 30.3 Å². The Morgan fingerprint density at radius 3 is 2.47 bits per heavy atom. The molecule has 0 saturated carbocycles. The van der Waals surface area contributed by atoms with Gasteiger partial charge in [0, 0.05) is 5.56 Å². The minimum atomic E-state index is -0.529. The molecule has 4 nitrogen and oxygen atoms in total. The SMILES string of the molecule is NC(=O)c1ccc(Nc2cccc(Cl)c2Cl)c(N)c1. The van der Waals surface area contributed by atoms with E-state index < -0.39 is 5.91 Å². The summed E-state index contributed by atoms with van der Waals surface area (Å²) in [4.78, 5) is 11.0. The highest BCUT2D eigenvalue weighted by Crippen LogP contribution is 2.33. The molecule has 98 valence electrons. The van der Waals surface area contributed by atoms with Gasteiger partial charge >= 0.3 is 0 Å². The fourth-order valence-electron chi connectivity index (χ4n) is 1.58. The first-order chi connectivity index (χ1) is 8.99. The second-order valence-electron chi connectivity index (χ2n) is 3.89. The third-order valence-corrected chi connectivity index (χ3v) is 3.38. The molecule has 0 bridgehead atoms. The molecule has 6 heteroatoms. The molecule has 0 aliphatic carbocycles. The van der Waals surface area contributed by atoms with E-state index >= 15 is 0 Å². The minimum absolute atomic E-state index is 0.347. The van der Waals surface area contributed by atoms with Crippen molar-refractivity contribution in [2.75, 3.05) is 11.1 Å². The van der Waals surface area contributed by atoms with Gasteiger partial charge in [0.1, 0.15) is 0 Å². The number of halogens is 2. The van der Waals surface area contributed by atoms with Crippen LogP contribution in [0, 0.1) is 0 Å². The van der Waals surface area contributed by atoms with Crippen molar-refractivity contribution in [3.63, 3.8) is 0 Å². The van der Waals surface area contributed by atoms with Gasteiger partial charge < -0.3 is 16.8 Å². The summed E-state index contributed by atoms with van der Waals surface area (Å²) in [5.41, 5.74) is 13.0. The molecule has 0 aliphatic rings. The second kappa shape index (κ2) is 5.38. The lowest BCUT2D eigenvalue weighted by Crippen LogP contribution is -2.11. The van der Waals surface area contributed by atoms with E-state index in [2.05, 4.69) is 5.32 Å². The first-order valence-electron chi connectivity index (χ1n) is 5.39. The molecule has 19 heavy (non-hydrogen) atoms. The van der Waals surface area contributed by atoms with E-state index in [1.165, 1.54) is 6.07 Å². The highest BCUT2D eigenvalue weighted by atomic mass is 35.5. The Kier molecular flexibility index (Phi) is 3.83. The highest BCUT2D eigenvalue weighted by Gasteiger charge is 2.08. The van der Waals surface area contributed by atoms with Gasteiger partial charge in [-0.3, -0.25) is 4.79 Å². The number of nitrogens with two attached hydrogens (primary N) is 2. The van der Waals surface area contributed by atoms with Crippen LogP contribution in [0.15, 0.2) is 36.4 Å². The van der Waals surface area contributed by atoms with Crippen molar-refractivity contribution in [2.45, 2.75) is 0 Å². The van der Waals surface area contributed by atoms with E-state index in [0.29, 0.717) is 32.7 Å². The smallest absolute Gasteiger partial charge is 0.248 e. The molecule has 2 aromatic rings. The molecular weight excluding hydrogens is 285 g/mol. The lowest BCUT2D eigenvalue weighted by molar-refractivity contribution is 0.100. The zero-order valence-corrected chi connectivity index (χ0v) is 11.3. The van der Waals surface area contributed by atoms with Gasteiger partial charge in [0.25, 0.3) is 0 Å². The van der Waals surface area contributed by atoms with Gasteiger partial charge in [-0.25, -0.2) is 0 Å². The molecule has 2 rings (SSSR count). The number of benzene rings is 2. The molecular formula is C13H11Cl2N3O. The van der Waals surface area contributed by atoms with Gasteiger partial charge in [0.15, 0.2) is 0 Å². The molecule has 0 saturated heterocycles. The Morgan fingerprint density at radius 2 is 1.84 bits per heavy atom. The Labute approximate surface area is 120 Å². The lowest BCUT2D eigenvalue weighted by Gasteiger charge is -2.12. The van der Waals surface area contributed by atoms with Crippen LogP contribution in [0.25, 0.3) is 0 Å². The maximum atomic E-state index is 11.0. The topological polar surface area (TPSA) is 81.1 Å². The summed E-state index contributed by atoms with van der Waals surface area (Å²) in [6.07, 6.45) is 0. The van der Waals surface area contributed by atoms with Crippen molar-refractivity contribution in [2.24, 2.45) is 5.73 Å². The number of nitrogen functional groups attached to an aromatic ring is 1. The number of rotatable bonds is 3. The molecule has 0 spiro atoms. The molecule has 0 atom stereocenters. The van der Waals surface area contributed by atoms with Crippen molar-refractivity contribution in [1.82, 2.24) is 0 Å². The molecule has 0 fully saturated rings. The average molecular weight is 296 g/mol. The number of nitrogens with one attached hydrogen (secondary N) is 1. The van der Waals surface area contributed by atoms with Gasteiger partial charge in [-0.1, -0.05) is 29.3 Å². The summed E-state index contributed by atoms with van der Waals surface area (Å²) in [6, 6.07) is 9.98. The Balaban J connectivity index is 2.34. The fourth-order valence-corrected chi connectivity index (χ4v) is 1.92. The summed E-state index contributed by atoms with van der Waals surface area (Å²) < 4.78 is 0. The van der Waals surface area contributed by atoms with Crippen LogP contribution in [0.2, 0.25) is 10.0 Å². The molecule has 0 unspecified atom stereocenters. The van der Waals surface area contributed by atoms with Crippen molar-refractivity contribution in [3.8, 4) is 0 Å². The summed E-state index contributed by atoms with van der Waals surface area (Å²) in [5, 5.41) is 3.90. The van der Waals surface area contributed by atoms with Gasteiger partial charge in [0.05, 0.1) is 27.1 Å². The van der Waals surface area contributed by atoms with Gasteiger partial charge in [-0.2, -0.15) is 0 Å². The van der Waals surface area contributed by atoms with Crippen LogP contribution in [0.4, 0.5) is 17.1 Å². The first kappa shape index (κ1) is 13.5. The van der Waals surface area contributed by atoms with Crippen LogP contribution in [-0.4, -0.2) is 5.91 Å². The van der Waals surface area contributed by atoms with E-state index in [4.69, 9.17) is 34.7 Å². The summed E-state index contributed by atoms with van der Waals surface area (Å²) in [5.74, 6) is -0.529. The molecule has 0 aliphatic heterocycles. The largest absolute Gasteiger partial charge is 0.397 e. The highest BCUT2D eigenvalue weighted by molar-refractivity contribution is 6.43. The van der Waals surface area contributed by atoms with E-state index in [1.54, 1.807) is 30.3 Å². The monoisotopic (exact) mass is 295 g/mol. The van der Waals surface area contributed by atoms with Crippen LogP contribution >= 0.6 is 23.2 Å². The predicted octanol–water partition coefficient (Wildman–Crippen LogP) is 3.42. The minimum Gasteiger partial charge on any atom is -0.397 e. The Hall–Kier alpha value is -1.91. The van der Waals surface area contributed by atoms with Gasteiger partial charge in [0.2, 0.25) is 5.91 Å². The Bertz CT molecular complexity index is 644. The lowest BCUT2D eigenvalue weighted by atomic mass is 10.1. The van der Waals surface area contributed by atoms with Crippen LogP contribution < -0.4 is 16.8 Å². The third kappa shape index (κ3) is 2.92. The van der Waals surface area contributed by atoms with E-state index in [0.717, 1.165) is 0 Å². The number of carbonyl (C=O) groups excluding carboxylic acids is 1. The molecule has 0 aromatic heterocycles. The van der Waals surface area contributed by atoms with E-state index in [-0.39, 0.29) is 0 Å². The molecule has 0 radical (unpaired) electrons. The fraction of sp³-hybridized carbons (Fsp3) is 0. The third-order valence-electron chi connectivity index (χ3n) is 2.56. The van der Waals surface area contributed by atoms with Crippen molar-refractivity contribution in [1.29, 1.82) is 0 Å². The zero-order valence-electron chi connectivity index (χ0n) is 9.78. The normalized spacial score (nSPS) is 10.2. The molecule has 1 amide bonds. The molecule has 2 aromatic carbocycles. The van der Waals surface area contributed by atoms with E-state index in [1.807, 2.05) is 0 Å². The average Bonchev–Trinajstić information content (AvgIpc) is 2.37. The second-order valence-corrected chi connectivity index (χ2v) is 4.68. The Morgan fingerprint density at radius 1 is 1.11 bits per heavy atom. The summed E-state index contributed by atoms with van der Waals surface area (Å²) in [7, 11) is 0. The maximum Gasteiger partial charge on any atom is 0.248 e. The maximum absolute atomic E-state index is 11.0. The first-order valence-corrected chi connectivity index (χ1v) is 6.15. The number of carbonyl (C=O) groups is 1. The summed E-state index contributed by atoms with van der Waals surface area (Å²) in [6.45, 7) is 0. The molecule has 0 heterocycles. The number of hydrogen-bond acceptors (Lipinski definition) is 3. The summed E-state index contributed by atoms with van der Waals surface area (Å²) >= 11 is 12.0. The zero-order chi connectivity index (χ0) is 14.0. The van der Waals surface area contributed by atoms with Crippen molar-refractivity contribution >= 4 is 46.2 Å². The standard InChI is InChI=1S/C13H11Cl2N3O/c14-8-2-1-3-11(12(8)15)18-10-5-4-7(13(17)19)6-9(10)16/h1-6,18H,16H2,(H2,17,19). The van der Waals surface area contributed by atoms with Crippen molar-refractivity contribution in [3.05, 3.63) is 52.0 Å². The number of amides is 1. The van der Waals surface area contributed by atoms with Crippen molar-refractivity contribution < 1.29 is 4.79 Å². The van der Waals surface area contributed by atoms with E-state index in [9.17, 15) is 4.79 Å². The van der Waals surface area contributed by atoms with Crippen LogP contribution in [0.3, 0.4) is 0 Å². The number of hydrogen-bond donors (Lipinski definition) is 3. The number of primary amides is 1. The van der Waals surface area contributed by atoms with Crippen LogP contribution in [0.5, 0.6) is 0 Å². The predicted molar refractivity (Wildman–Crippen MR) is 79.1 cm³/mol. The van der Waals surface area contributed by atoms with Gasteiger partial charge in [-0.15, -0.1) is 0 Å². The quantitative estimate of drug-likeness (QED) is 0.759.